The van der Waals surface area contributed by atoms with Crippen molar-refractivity contribution in [2.45, 2.75) is 18.8 Å². The first-order chi connectivity index (χ1) is 8.15. The molecule has 0 aromatic heterocycles. The summed E-state index contributed by atoms with van der Waals surface area (Å²) in [4.78, 5) is 13.6. The maximum atomic E-state index is 11.9. The highest BCUT2D eigenvalue weighted by Gasteiger charge is 2.30. The first-order valence-corrected chi connectivity index (χ1v) is 6.22. The molecule has 1 atom stereocenters. The molecular formula is C13H17ClN2O. The van der Waals surface area contributed by atoms with Gasteiger partial charge in [-0.05, 0) is 37.6 Å². The smallest absolute Gasteiger partial charge is 0.227 e. The molecule has 2 rings (SSSR count). The van der Waals surface area contributed by atoms with Crippen LogP contribution in [0.4, 0.5) is 5.69 Å². The highest BCUT2D eigenvalue weighted by atomic mass is 35.5. The number of fused-ring (bicyclic) bond motifs is 1. The zero-order chi connectivity index (χ0) is 12.4. The topological polar surface area (TPSA) is 32.3 Å². The normalized spacial score (nSPS) is 19.4. The van der Waals surface area contributed by atoms with Crippen LogP contribution in [0, 0.1) is 0 Å². The summed E-state index contributed by atoms with van der Waals surface area (Å²) in [5.74, 6) is 0.423. The summed E-state index contributed by atoms with van der Waals surface area (Å²) >= 11 is 6.19. The van der Waals surface area contributed by atoms with Crippen molar-refractivity contribution in [1.29, 1.82) is 0 Å². The maximum Gasteiger partial charge on any atom is 0.227 e. The van der Waals surface area contributed by atoms with E-state index < -0.39 is 0 Å². The van der Waals surface area contributed by atoms with Gasteiger partial charge < -0.3 is 10.2 Å². The summed E-state index contributed by atoms with van der Waals surface area (Å²) in [6.45, 7) is 0.910. The Morgan fingerprint density at radius 1 is 1.53 bits per heavy atom. The lowest BCUT2D eigenvalue weighted by molar-refractivity contribution is -0.119. The van der Waals surface area contributed by atoms with E-state index in [4.69, 9.17) is 11.6 Å². The van der Waals surface area contributed by atoms with Gasteiger partial charge in [-0.2, -0.15) is 0 Å². The molecule has 1 heterocycles. The Balaban J connectivity index is 2.38. The maximum absolute atomic E-state index is 11.9. The molecule has 17 heavy (non-hydrogen) atoms. The summed E-state index contributed by atoms with van der Waals surface area (Å²) in [7, 11) is 3.72. The lowest BCUT2D eigenvalue weighted by Gasteiger charge is -2.32. The Hall–Kier alpha value is -1.06. The summed E-state index contributed by atoms with van der Waals surface area (Å²) in [6.07, 6.45) is 1.54. The van der Waals surface area contributed by atoms with Gasteiger partial charge in [0.1, 0.15) is 0 Å². The zero-order valence-electron chi connectivity index (χ0n) is 10.2. The van der Waals surface area contributed by atoms with Crippen LogP contribution >= 0.6 is 11.6 Å². The minimum absolute atomic E-state index is 0.145. The lowest BCUT2D eigenvalue weighted by atomic mass is 9.87. The van der Waals surface area contributed by atoms with Gasteiger partial charge in [-0.25, -0.2) is 0 Å². The van der Waals surface area contributed by atoms with Crippen LogP contribution in [0.1, 0.15) is 24.3 Å². The Morgan fingerprint density at radius 3 is 3.00 bits per heavy atom. The molecule has 0 bridgehead atoms. The molecule has 0 radical (unpaired) electrons. The molecule has 1 aliphatic rings. The van der Waals surface area contributed by atoms with Crippen LogP contribution in [0.2, 0.25) is 5.02 Å². The summed E-state index contributed by atoms with van der Waals surface area (Å²) in [5, 5.41) is 3.79. The number of nitrogens with one attached hydrogen (secondary N) is 1. The molecule has 0 saturated heterocycles. The van der Waals surface area contributed by atoms with E-state index in [2.05, 4.69) is 11.4 Å². The number of nitrogens with zero attached hydrogens (tertiary/aromatic N) is 1. The van der Waals surface area contributed by atoms with Crippen molar-refractivity contribution in [1.82, 2.24) is 5.32 Å². The number of carbonyl (C=O) groups excluding carboxylic acids is 1. The minimum atomic E-state index is 0.145. The Kier molecular flexibility index (Phi) is 3.69. The number of hydrogen-bond donors (Lipinski definition) is 1. The van der Waals surface area contributed by atoms with Gasteiger partial charge in [0, 0.05) is 13.5 Å². The average Bonchev–Trinajstić information content (AvgIpc) is 2.32. The first-order valence-electron chi connectivity index (χ1n) is 5.84. The van der Waals surface area contributed by atoms with E-state index in [9.17, 15) is 4.79 Å². The predicted octanol–water partition coefficient (Wildman–Crippen LogP) is 2.40. The van der Waals surface area contributed by atoms with Crippen LogP contribution < -0.4 is 10.2 Å². The molecule has 0 spiro atoms. The molecule has 1 amide bonds. The van der Waals surface area contributed by atoms with Crippen LogP contribution in [0.15, 0.2) is 18.2 Å². The minimum Gasteiger partial charge on any atom is -0.320 e. The Morgan fingerprint density at radius 2 is 2.29 bits per heavy atom. The third-order valence-electron chi connectivity index (χ3n) is 3.33. The molecule has 1 unspecified atom stereocenters. The standard InChI is InChI=1S/C13H17ClN2O/c1-15-7-6-9-8-12(17)16(2)13-10(9)4-3-5-11(13)14/h3-5,9,15H,6-8H2,1-2H3. The molecule has 1 aromatic rings. The number of para-hydroxylation sites is 1. The second kappa shape index (κ2) is 5.07. The highest BCUT2D eigenvalue weighted by molar-refractivity contribution is 6.34. The molecular weight excluding hydrogens is 236 g/mol. The van der Waals surface area contributed by atoms with Gasteiger partial charge in [0.2, 0.25) is 5.91 Å². The molecule has 0 fully saturated rings. The fourth-order valence-electron chi connectivity index (χ4n) is 2.37. The highest BCUT2D eigenvalue weighted by Crippen LogP contribution is 2.40. The Labute approximate surface area is 107 Å². The third kappa shape index (κ3) is 2.31. The average molecular weight is 253 g/mol. The van der Waals surface area contributed by atoms with Gasteiger partial charge in [0.25, 0.3) is 0 Å². The number of benzene rings is 1. The van der Waals surface area contributed by atoms with Gasteiger partial charge >= 0.3 is 0 Å². The number of rotatable bonds is 3. The number of carbonyl (C=O) groups is 1. The van der Waals surface area contributed by atoms with E-state index >= 15 is 0 Å². The lowest BCUT2D eigenvalue weighted by Crippen LogP contribution is -2.34. The van der Waals surface area contributed by atoms with Crippen molar-refractivity contribution in [3.8, 4) is 0 Å². The summed E-state index contributed by atoms with van der Waals surface area (Å²) in [6, 6.07) is 5.87. The van der Waals surface area contributed by atoms with Crippen LogP contribution in [0.3, 0.4) is 0 Å². The van der Waals surface area contributed by atoms with Crippen molar-refractivity contribution < 1.29 is 4.79 Å². The van der Waals surface area contributed by atoms with Crippen LogP contribution in [-0.2, 0) is 4.79 Å². The fraction of sp³-hybridized carbons (Fsp3) is 0.462. The third-order valence-corrected chi connectivity index (χ3v) is 3.64. The van der Waals surface area contributed by atoms with E-state index in [0.717, 1.165) is 18.7 Å². The zero-order valence-corrected chi connectivity index (χ0v) is 10.9. The molecule has 1 aromatic carbocycles. The molecule has 3 nitrogen and oxygen atoms in total. The quantitative estimate of drug-likeness (QED) is 0.896. The molecule has 1 N–H and O–H groups in total. The largest absolute Gasteiger partial charge is 0.320 e. The SMILES string of the molecule is CNCCC1CC(=O)N(C)c2c(Cl)cccc21. The van der Waals surface area contributed by atoms with E-state index in [1.807, 2.05) is 19.2 Å². The van der Waals surface area contributed by atoms with E-state index in [0.29, 0.717) is 11.4 Å². The van der Waals surface area contributed by atoms with Crippen LogP contribution in [0.25, 0.3) is 0 Å². The van der Waals surface area contributed by atoms with Gasteiger partial charge in [0.05, 0.1) is 10.7 Å². The predicted molar refractivity (Wildman–Crippen MR) is 70.8 cm³/mol. The van der Waals surface area contributed by atoms with E-state index in [1.165, 1.54) is 5.56 Å². The summed E-state index contributed by atoms with van der Waals surface area (Å²) in [5.41, 5.74) is 2.07. The molecule has 0 saturated carbocycles. The van der Waals surface area contributed by atoms with Gasteiger partial charge in [-0.15, -0.1) is 0 Å². The van der Waals surface area contributed by atoms with Crippen molar-refractivity contribution in [2.75, 3.05) is 25.5 Å². The van der Waals surface area contributed by atoms with Gasteiger partial charge in [0.15, 0.2) is 0 Å². The summed E-state index contributed by atoms with van der Waals surface area (Å²) < 4.78 is 0. The van der Waals surface area contributed by atoms with E-state index in [1.54, 1.807) is 11.9 Å². The number of halogens is 1. The van der Waals surface area contributed by atoms with Gasteiger partial charge in [-0.3, -0.25) is 4.79 Å². The fourth-order valence-corrected chi connectivity index (χ4v) is 2.68. The molecule has 1 aliphatic heterocycles. The Bertz CT molecular complexity index is 433. The van der Waals surface area contributed by atoms with Crippen molar-refractivity contribution >= 4 is 23.2 Å². The number of anilines is 1. The second-order valence-corrected chi connectivity index (χ2v) is 4.83. The number of amides is 1. The van der Waals surface area contributed by atoms with E-state index in [-0.39, 0.29) is 11.8 Å². The second-order valence-electron chi connectivity index (χ2n) is 4.42. The number of hydrogen-bond acceptors (Lipinski definition) is 2. The molecule has 4 heteroatoms. The van der Waals surface area contributed by atoms with Crippen molar-refractivity contribution in [3.63, 3.8) is 0 Å². The van der Waals surface area contributed by atoms with Crippen LogP contribution in [-0.4, -0.2) is 26.5 Å². The first kappa shape index (κ1) is 12.4. The van der Waals surface area contributed by atoms with Gasteiger partial charge in [-0.1, -0.05) is 23.7 Å². The van der Waals surface area contributed by atoms with Crippen molar-refractivity contribution in [2.24, 2.45) is 0 Å². The van der Waals surface area contributed by atoms with Crippen molar-refractivity contribution in [3.05, 3.63) is 28.8 Å². The van der Waals surface area contributed by atoms with Crippen LogP contribution in [0.5, 0.6) is 0 Å². The molecule has 0 aliphatic carbocycles. The molecule has 92 valence electrons. The monoisotopic (exact) mass is 252 g/mol.